The molecule has 0 aliphatic carbocycles. The first kappa shape index (κ1) is 15.9. The maximum absolute atomic E-state index is 12.9. The summed E-state index contributed by atoms with van der Waals surface area (Å²) in [6.45, 7) is 0.981. The van der Waals surface area contributed by atoms with Crippen LogP contribution in [0.5, 0.6) is 0 Å². The van der Waals surface area contributed by atoms with Gasteiger partial charge in [0.25, 0.3) is 0 Å². The van der Waals surface area contributed by atoms with Gasteiger partial charge in [-0.25, -0.2) is 0 Å². The highest BCUT2D eigenvalue weighted by molar-refractivity contribution is 6.25. The zero-order valence-electron chi connectivity index (χ0n) is 12.4. The van der Waals surface area contributed by atoms with E-state index in [1.165, 1.54) is 12.1 Å². The molecule has 124 valence electrons. The molecule has 3 rings (SSSR count). The zero-order chi connectivity index (χ0) is 16.6. The summed E-state index contributed by atoms with van der Waals surface area (Å²) >= 11 is 0. The van der Waals surface area contributed by atoms with Crippen molar-refractivity contribution in [3.05, 3.63) is 41.3 Å². The van der Waals surface area contributed by atoms with Crippen LogP contribution in [0.2, 0.25) is 0 Å². The van der Waals surface area contributed by atoms with Gasteiger partial charge in [-0.15, -0.1) is 0 Å². The van der Waals surface area contributed by atoms with Crippen LogP contribution >= 0.6 is 0 Å². The van der Waals surface area contributed by atoms with Crippen LogP contribution < -0.4 is 5.32 Å². The molecule has 0 aromatic heterocycles. The smallest absolute Gasteiger partial charge is 0.416 e. The average Bonchev–Trinajstić information content (AvgIpc) is 3.13. The van der Waals surface area contributed by atoms with Crippen molar-refractivity contribution in [1.29, 1.82) is 0 Å². The third kappa shape index (κ3) is 2.93. The zero-order valence-corrected chi connectivity index (χ0v) is 12.4. The lowest BCUT2D eigenvalue weighted by Gasteiger charge is -2.16. The molecule has 0 spiro atoms. The topological polar surface area (TPSA) is 47.6 Å². The number of carbonyl (C=O) groups is 1. The monoisotopic (exact) mass is 327 g/mol. The number of hydrogen-bond donors (Lipinski definition) is 1. The minimum atomic E-state index is -4.46. The Morgan fingerprint density at radius 1 is 1.30 bits per heavy atom. The van der Waals surface area contributed by atoms with Crippen molar-refractivity contribution in [3.8, 4) is 0 Å². The number of ether oxygens (including phenoxy) is 2. The van der Waals surface area contributed by atoms with E-state index in [9.17, 15) is 18.0 Å². The van der Waals surface area contributed by atoms with E-state index in [1.54, 1.807) is 7.05 Å². The summed E-state index contributed by atoms with van der Waals surface area (Å²) in [5.74, 6) is -0.162. The number of benzene rings is 1. The van der Waals surface area contributed by atoms with Crippen molar-refractivity contribution in [1.82, 2.24) is 5.32 Å². The SMILES string of the molecule is CNC1=C(c2cccc(C(F)(F)F)c2)C(=O)C(C2CCOC2)O1. The molecule has 0 saturated carbocycles. The van der Waals surface area contributed by atoms with Crippen LogP contribution in [-0.4, -0.2) is 32.1 Å². The summed E-state index contributed by atoms with van der Waals surface area (Å²) in [5.41, 5.74) is -0.426. The van der Waals surface area contributed by atoms with Crippen molar-refractivity contribution < 1.29 is 27.4 Å². The second-order valence-corrected chi connectivity index (χ2v) is 5.56. The van der Waals surface area contributed by atoms with Crippen molar-refractivity contribution in [3.63, 3.8) is 0 Å². The maximum Gasteiger partial charge on any atom is 0.416 e. The minimum absolute atomic E-state index is 0.0749. The van der Waals surface area contributed by atoms with Crippen molar-refractivity contribution in [2.45, 2.75) is 18.7 Å². The lowest BCUT2D eigenvalue weighted by atomic mass is 9.92. The number of Topliss-reactive ketones (excluding diaryl/α,β-unsaturated/α-hetero) is 1. The molecule has 1 aromatic carbocycles. The summed E-state index contributed by atoms with van der Waals surface area (Å²) in [6, 6.07) is 4.72. The molecule has 7 heteroatoms. The second-order valence-electron chi connectivity index (χ2n) is 5.56. The fourth-order valence-corrected chi connectivity index (χ4v) is 2.90. The Kier molecular flexibility index (Phi) is 4.06. The quantitative estimate of drug-likeness (QED) is 0.927. The van der Waals surface area contributed by atoms with E-state index < -0.39 is 17.8 Å². The van der Waals surface area contributed by atoms with E-state index in [4.69, 9.17) is 9.47 Å². The van der Waals surface area contributed by atoms with Crippen LogP contribution in [0.1, 0.15) is 17.5 Å². The molecule has 2 unspecified atom stereocenters. The molecule has 23 heavy (non-hydrogen) atoms. The Bertz CT molecular complexity index is 648. The molecule has 2 aliphatic rings. The fourth-order valence-electron chi connectivity index (χ4n) is 2.90. The number of halogens is 3. The third-order valence-corrected chi connectivity index (χ3v) is 4.08. The van der Waals surface area contributed by atoms with Crippen molar-refractivity contribution >= 4 is 11.4 Å². The van der Waals surface area contributed by atoms with Crippen LogP contribution in [0.4, 0.5) is 13.2 Å². The van der Waals surface area contributed by atoms with Gasteiger partial charge in [0, 0.05) is 19.6 Å². The first-order chi connectivity index (χ1) is 10.9. The Hall–Kier alpha value is -2.02. The van der Waals surface area contributed by atoms with Crippen molar-refractivity contribution in [2.24, 2.45) is 5.92 Å². The molecule has 0 radical (unpaired) electrons. The van der Waals surface area contributed by atoms with Crippen LogP contribution in [0.25, 0.3) is 5.57 Å². The Morgan fingerprint density at radius 3 is 2.70 bits per heavy atom. The number of alkyl halides is 3. The van der Waals surface area contributed by atoms with Crippen molar-refractivity contribution in [2.75, 3.05) is 20.3 Å². The number of rotatable bonds is 3. The van der Waals surface area contributed by atoms with Gasteiger partial charge in [0.1, 0.15) is 0 Å². The summed E-state index contributed by atoms with van der Waals surface area (Å²) in [6.07, 6.45) is -4.47. The molecule has 1 N–H and O–H groups in total. The lowest BCUT2D eigenvalue weighted by molar-refractivity contribution is -0.137. The number of nitrogens with one attached hydrogen (secondary N) is 1. The van der Waals surface area contributed by atoms with E-state index in [0.29, 0.717) is 19.6 Å². The van der Waals surface area contributed by atoms with Gasteiger partial charge in [-0.3, -0.25) is 4.79 Å². The number of hydrogen-bond acceptors (Lipinski definition) is 4. The third-order valence-electron chi connectivity index (χ3n) is 4.08. The molecule has 1 aromatic rings. The maximum atomic E-state index is 12.9. The molecule has 1 fully saturated rings. The Balaban J connectivity index is 1.95. The second kappa shape index (κ2) is 5.88. The largest absolute Gasteiger partial charge is 0.467 e. The predicted octanol–water partition coefficient (Wildman–Crippen LogP) is 2.60. The number of ketones is 1. The van der Waals surface area contributed by atoms with Crippen LogP contribution in [-0.2, 0) is 20.4 Å². The van der Waals surface area contributed by atoms with E-state index in [1.807, 2.05) is 0 Å². The summed E-state index contributed by atoms with van der Waals surface area (Å²) in [5, 5.41) is 2.77. The van der Waals surface area contributed by atoms with Crippen LogP contribution in [0.3, 0.4) is 0 Å². The molecule has 2 atom stereocenters. The standard InChI is InChI=1S/C16H16F3NO3/c1-20-15-12(9-3-2-4-11(7-9)16(17,18)19)13(21)14(23-15)10-5-6-22-8-10/h2-4,7,10,14,20H,5-6,8H2,1H3. The summed E-state index contributed by atoms with van der Waals surface area (Å²) in [7, 11) is 1.57. The van der Waals surface area contributed by atoms with E-state index in [2.05, 4.69) is 5.32 Å². The highest BCUT2D eigenvalue weighted by atomic mass is 19.4. The Morgan fingerprint density at radius 2 is 2.09 bits per heavy atom. The van der Waals surface area contributed by atoms with Gasteiger partial charge in [0.2, 0.25) is 5.78 Å². The minimum Gasteiger partial charge on any atom is -0.467 e. The fraction of sp³-hybridized carbons (Fsp3) is 0.438. The normalized spacial score (nSPS) is 25.0. The molecule has 1 saturated heterocycles. The van der Waals surface area contributed by atoms with Gasteiger partial charge in [-0.05, 0) is 24.1 Å². The van der Waals surface area contributed by atoms with E-state index in [0.717, 1.165) is 12.1 Å². The average molecular weight is 327 g/mol. The summed E-state index contributed by atoms with van der Waals surface area (Å²) in [4.78, 5) is 12.7. The predicted molar refractivity (Wildman–Crippen MR) is 76.2 cm³/mol. The first-order valence-electron chi connectivity index (χ1n) is 7.30. The Labute approximate surface area is 131 Å². The molecule has 2 heterocycles. The highest BCUT2D eigenvalue weighted by Gasteiger charge is 2.42. The van der Waals surface area contributed by atoms with Gasteiger partial charge >= 0.3 is 6.18 Å². The van der Waals surface area contributed by atoms with Crippen LogP contribution in [0, 0.1) is 5.92 Å². The van der Waals surface area contributed by atoms with Gasteiger partial charge < -0.3 is 14.8 Å². The van der Waals surface area contributed by atoms with Gasteiger partial charge in [0.05, 0.1) is 17.7 Å². The highest BCUT2D eigenvalue weighted by Crippen LogP contribution is 2.37. The number of carbonyl (C=O) groups excluding carboxylic acids is 1. The molecule has 4 nitrogen and oxygen atoms in total. The molecule has 2 aliphatic heterocycles. The lowest BCUT2D eigenvalue weighted by Crippen LogP contribution is -2.29. The first-order valence-corrected chi connectivity index (χ1v) is 7.30. The van der Waals surface area contributed by atoms with E-state index in [-0.39, 0.29) is 28.7 Å². The molecular weight excluding hydrogens is 311 g/mol. The molecular formula is C16H16F3NO3. The van der Waals surface area contributed by atoms with Gasteiger partial charge in [-0.2, -0.15) is 13.2 Å². The molecule has 0 bridgehead atoms. The van der Waals surface area contributed by atoms with Crippen LogP contribution in [0.15, 0.2) is 30.1 Å². The summed E-state index contributed by atoms with van der Waals surface area (Å²) < 4.78 is 49.6. The van der Waals surface area contributed by atoms with Gasteiger partial charge in [0.15, 0.2) is 12.0 Å². The van der Waals surface area contributed by atoms with Gasteiger partial charge in [-0.1, -0.05) is 12.1 Å². The molecule has 0 amide bonds. The van der Waals surface area contributed by atoms with E-state index >= 15 is 0 Å².